The molecule has 0 heterocycles. The predicted molar refractivity (Wildman–Crippen MR) is 51.0 cm³/mol. The highest BCUT2D eigenvalue weighted by Crippen LogP contribution is 2.29. The maximum Gasteiger partial charge on any atom is 0.272 e. The fourth-order valence-electron chi connectivity index (χ4n) is 0.890. The van der Waals surface area contributed by atoms with E-state index in [2.05, 4.69) is 0 Å². The fourth-order valence-corrected chi connectivity index (χ4v) is 1.52. The molecule has 70 valence electrons. The molecule has 0 atom stereocenters. The van der Waals surface area contributed by atoms with Crippen LogP contribution in [0.15, 0.2) is 12.1 Å². The number of rotatable bonds is 2. The number of benzene rings is 1. The monoisotopic (exact) mass is 220 g/mol. The summed E-state index contributed by atoms with van der Waals surface area (Å²) in [5.41, 5.74) is 5.73. The van der Waals surface area contributed by atoms with Crippen LogP contribution in [0.2, 0.25) is 10.0 Å². The summed E-state index contributed by atoms with van der Waals surface area (Å²) in [4.78, 5) is 9.80. The summed E-state index contributed by atoms with van der Waals surface area (Å²) in [5.74, 6) is 0. The molecular weight excluding hydrogens is 215 g/mol. The largest absolute Gasteiger partial charge is 0.326 e. The highest BCUT2D eigenvalue weighted by molar-refractivity contribution is 6.36. The molecule has 0 amide bonds. The van der Waals surface area contributed by atoms with E-state index < -0.39 is 4.92 Å². The van der Waals surface area contributed by atoms with Crippen molar-refractivity contribution in [1.29, 1.82) is 0 Å². The van der Waals surface area contributed by atoms with Gasteiger partial charge >= 0.3 is 0 Å². The molecule has 0 aliphatic rings. The molecule has 0 bridgehead atoms. The maximum absolute atomic E-state index is 10.4. The van der Waals surface area contributed by atoms with Crippen LogP contribution in [0, 0.1) is 10.1 Å². The summed E-state index contributed by atoms with van der Waals surface area (Å²) >= 11 is 11.4. The molecule has 0 aliphatic carbocycles. The van der Waals surface area contributed by atoms with Crippen LogP contribution >= 0.6 is 23.2 Å². The van der Waals surface area contributed by atoms with E-state index in [-0.39, 0.29) is 22.3 Å². The van der Waals surface area contributed by atoms with Gasteiger partial charge in [0.05, 0.1) is 15.0 Å². The van der Waals surface area contributed by atoms with Crippen LogP contribution in [0.1, 0.15) is 5.56 Å². The first kappa shape index (κ1) is 10.2. The zero-order chi connectivity index (χ0) is 10.0. The molecule has 4 nitrogen and oxygen atoms in total. The van der Waals surface area contributed by atoms with Crippen molar-refractivity contribution in [3.8, 4) is 0 Å². The van der Waals surface area contributed by atoms with Gasteiger partial charge in [0, 0.05) is 24.2 Å². The van der Waals surface area contributed by atoms with E-state index in [1.807, 2.05) is 0 Å². The van der Waals surface area contributed by atoms with Crippen LogP contribution in [0.5, 0.6) is 0 Å². The van der Waals surface area contributed by atoms with Crippen molar-refractivity contribution in [3.63, 3.8) is 0 Å². The third kappa shape index (κ3) is 2.09. The molecule has 0 spiro atoms. The molecule has 0 saturated heterocycles. The second-order valence-corrected chi connectivity index (χ2v) is 3.16. The molecule has 1 rings (SSSR count). The van der Waals surface area contributed by atoms with Crippen LogP contribution in [0.4, 0.5) is 5.69 Å². The SMILES string of the molecule is NCc1c(Cl)cc([N+](=O)[O-])cc1Cl. The number of nitrogens with two attached hydrogens (primary N) is 1. The summed E-state index contributed by atoms with van der Waals surface area (Å²) < 4.78 is 0. The van der Waals surface area contributed by atoms with Crippen LogP contribution in [0.3, 0.4) is 0 Å². The van der Waals surface area contributed by atoms with Gasteiger partial charge in [-0.15, -0.1) is 0 Å². The lowest BCUT2D eigenvalue weighted by atomic mass is 10.2. The number of halogens is 2. The standard InChI is InChI=1S/C7H6Cl2N2O2/c8-6-1-4(11(12)13)2-7(9)5(6)3-10/h1-2H,3,10H2. The molecule has 6 heteroatoms. The maximum atomic E-state index is 10.4. The summed E-state index contributed by atoms with van der Waals surface area (Å²) in [6, 6.07) is 2.46. The van der Waals surface area contributed by atoms with E-state index in [0.29, 0.717) is 5.56 Å². The number of non-ortho nitro benzene ring substituents is 1. The summed E-state index contributed by atoms with van der Waals surface area (Å²) in [6.45, 7) is 0.162. The predicted octanol–water partition coefficient (Wildman–Crippen LogP) is 2.36. The van der Waals surface area contributed by atoms with Crippen molar-refractivity contribution < 1.29 is 4.92 Å². The van der Waals surface area contributed by atoms with Crippen molar-refractivity contribution in [2.24, 2.45) is 5.73 Å². The number of nitro benzene ring substituents is 1. The normalized spacial score (nSPS) is 10.1. The van der Waals surface area contributed by atoms with Crippen LogP contribution < -0.4 is 5.73 Å². The minimum atomic E-state index is -0.557. The molecule has 0 radical (unpaired) electrons. The molecule has 13 heavy (non-hydrogen) atoms. The minimum absolute atomic E-state index is 0.132. The van der Waals surface area contributed by atoms with Gasteiger partial charge in [-0.3, -0.25) is 10.1 Å². The third-order valence-electron chi connectivity index (χ3n) is 1.54. The van der Waals surface area contributed by atoms with Crippen LogP contribution in [0.25, 0.3) is 0 Å². The first-order valence-electron chi connectivity index (χ1n) is 3.38. The molecular formula is C7H6Cl2N2O2. The molecule has 0 fully saturated rings. The third-order valence-corrected chi connectivity index (χ3v) is 2.22. The van der Waals surface area contributed by atoms with Gasteiger partial charge < -0.3 is 5.73 Å². The zero-order valence-electron chi connectivity index (χ0n) is 6.46. The van der Waals surface area contributed by atoms with Crippen molar-refractivity contribution in [2.75, 3.05) is 0 Å². The van der Waals surface area contributed by atoms with Gasteiger partial charge in [0.2, 0.25) is 0 Å². The van der Waals surface area contributed by atoms with Crippen molar-refractivity contribution >= 4 is 28.9 Å². The first-order chi connectivity index (χ1) is 6.06. The second-order valence-electron chi connectivity index (χ2n) is 2.35. The van der Waals surface area contributed by atoms with Gasteiger partial charge in [0.15, 0.2) is 0 Å². The Kier molecular flexibility index (Phi) is 3.08. The number of nitro groups is 1. The summed E-state index contributed by atoms with van der Waals surface area (Å²) in [5, 5.41) is 10.8. The lowest BCUT2D eigenvalue weighted by Gasteiger charge is -2.02. The average molecular weight is 221 g/mol. The zero-order valence-corrected chi connectivity index (χ0v) is 7.97. The highest BCUT2D eigenvalue weighted by Gasteiger charge is 2.12. The fraction of sp³-hybridized carbons (Fsp3) is 0.143. The van der Waals surface area contributed by atoms with Gasteiger partial charge in [-0.2, -0.15) is 0 Å². The molecule has 2 N–H and O–H groups in total. The first-order valence-corrected chi connectivity index (χ1v) is 4.14. The van der Waals surface area contributed by atoms with Gasteiger partial charge in [-0.05, 0) is 0 Å². The Morgan fingerprint density at radius 2 is 1.85 bits per heavy atom. The Morgan fingerprint density at radius 1 is 1.38 bits per heavy atom. The number of hydrogen-bond donors (Lipinski definition) is 1. The van der Waals surface area contributed by atoms with E-state index in [1.165, 1.54) is 12.1 Å². The minimum Gasteiger partial charge on any atom is -0.326 e. The van der Waals surface area contributed by atoms with Crippen molar-refractivity contribution in [1.82, 2.24) is 0 Å². The van der Waals surface area contributed by atoms with Gasteiger partial charge in [-0.1, -0.05) is 23.2 Å². The Morgan fingerprint density at radius 3 is 2.15 bits per heavy atom. The van der Waals surface area contributed by atoms with E-state index >= 15 is 0 Å². The molecule has 0 saturated carbocycles. The number of hydrogen-bond acceptors (Lipinski definition) is 3. The second kappa shape index (κ2) is 3.91. The van der Waals surface area contributed by atoms with Gasteiger partial charge in [0.25, 0.3) is 5.69 Å². The van der Waals surface area contributed by atoms with Crippen LogP contribution in [-0.2, 0) is 6.54 Å². The lowest BCUT2D eigenvalue weighted by molar-refractivity contribution is -0.384. The number of nitrogens with zero attached hydrogens (tertiary/aromatic N) is 1. The molecule has 0 unspecified atom stereocenters. The molecule has 0 aromatic heterocycles. The van der Waals surface area contributed by atoms with Crippen LogP contribution in [-0.4, -0.2) is 4.92 Å². The summed E-state index contributed by atoms with van der Waals surface area (Å²) in [7, 11) is 0. The van der Waals surface area contributed by atoms with Gasteiger partial charge in [-0.25, -0.2) is 0 Å². The topological polar surface area (TPSA) is 69.2 Å². The highest BCUT2D eigenvalue weighted by atomic mass is 35.5. The Bertz CT molecular complexity index is 331. The molecule has 1 aromatic rings. The van der Waals surface area contributed by atoms with E-state index in [1.54, 1.807) is 0 Å². The Balaban J connectivity index is 3.28. The Hall–Kier alpha value is -0.840. The van der Waals surface area contributed by atoms with E-state index in [0.717, 1.165) is 0 Å². The Labute approximate surface area is 84.4 Å². The molecule has 1 aromatic carbocycles. The average Bonchev–Trinajstić information content (AvgIpc) is 2.03. The quantitative estimate of drug-likeness (QED) is 0.615. The smallest absolute Gasteiger partial charge is 0.272 e. The van der Waals surface area contributed by atoms with Crippen molar-refractivity contribution in [3.05, 3.63) is 37.9 Å². The van der Waals surface area contributed by atoms with Crippen molar-refractivity contribution in [2.45, 2.75) is 6.54 Å². The summed E-state index contributed by atoms with van der Waals surface area (Å²) in [6.07, 6.45) is 0. The lowest BCUT2D eigenvalue weighted by Crippen LogP contribution is -1.99. The van der Waals surface area contributed by atoms with Gasteiger partial charge in [0.1, 0.15) is 0 Å². The molecule has 0 aliphatic heterocycles. The van der Waals surface area contributed by atoms with E-state index in [9.17, 15) is 10.1 Å². The van der Waals surface area contributed by atoms with E-state index in [4.69, 9.17) is 28.9 Å².